The highest BCUT2D eigenvalue weighted by Gasteiger charge is 2.22. The second kappa shape index (κ2) is 64.0. The Labute approximate surface area is 843 Å². The van der Waals surface area contributed by atoms with E-state index in [9.17, 15) is 38.4 Å². The Morgan fingerprint density at radius 1 is 0.272 bits per heavy atom. The monoisotopic (exact) mass is 2020 g/mol. The molecule has 4 N–H and O–H groups in total. The molecule has 136 heavy (non-hydrogen) atoms. The Bertz CT molecular complexity index is 4870. The summed E-state index contributed by atoms with van der Waals surface area (Å²) in [6.45, 7) is 21.9. The van der Waals surface area contributed by atoms with Crippen LogP contribution in [0.1, 0.15) is 63.8 Å². The Hall–Kier alpha value is -8.48. The minimum absolute atomic E-state index is 0.0907. The SMILES string of the molecule is CN1CCN(CC(=O)Cc2cccc(NC(=O)Cc3ccc(N(CCCl)CCCl)cc3)c2)CC1.O=C(CCCN1CCOCC1)Cc1cccc(NC(=O)Cc2ccc(N(CCCl)CCCl)cc2)c1.O=C(CCN1CCOCC1)Cc1cccc(NC(=O)Cc2ccc(N(CCCl)CCCl)cc2)c1.O=C(Cc1cccc(NC(=O)Cc2ccc(N(CCCl)CCCl)cc2)c1)CN1CCOCC1. The van der Waals surface area contributed by atoms with Crippen molar-refractivity contribution in [2.75, 3.05) is 279 Å². The van der Waals surface area contributed by atoms with Crippen molar-refractivity contribution < 1.29 is 52.6 Å². The van der Waals surface area contributed by atoms with Gasteiger partial charge in [0, 0.05) is 255 Å². The Morgan fingerprint density at radius 3 is 0.787 bits per heavy atom. The molecular formula is C104H133Cl8N13O11. The molecule has 0 aliphatic carbocycles. The molecule has 4 aliphatic rings. The van der Waals surface area contributed by atoms with Crippen LogP contribution in [0.15, 0.2) is 194 Å². The van der Waals surface area contributed by atoms with E-state index in [4.69, 9.17) is 107 Å². The quantitative estimate of drug-likeness (QED) is 0.0259. The molecule has 0 aromatic heterocycles. The molecule has 12 rings (SSSR count). The predicted molar refractivity (Wildman–Crippen MR) is 560 cm³/mol. The summed E-state index contributed by atoms with van der Waals surface area (Å²) in [6, 6.07) is 61.7. The van der Waals surface area contributed by atoms with Gasteiger partial charge in [0.05, 0.1) is 78.4 Å². The van der Waals surface area contributed by atoms with Crippen LogP contribution in [-0.2, 0) is 104 Å². The van der Waals surface area contributed by atoms with E-state index in [-0.39, 0.29) is 72.4 Å². The number of amides is 4. The van der Waals surface area contributed by atoms with Crippen molar-refractivity contribution in [3.05, 3.63) is 239 Å². The number of nitrogens with zero attached hydrogens (tertiary/aromatic N) is 9. The van der Waals surface area contributed by atoms with Crippen LogP contribution in [-0.4, -0.2) is 309 Å². The van der Waals surface area contributed by atoms with Gasteiger partial charge in [-0.25, -0.2) is 0 Å². The fourth-order valence-corrected chi connectivity index (χ4v) is 17.7. The number of likely N-dealkylation sites (N-methyl/N-ethyl adjacent to an activating group) is 1. The standard InChI is InChI=1S/C27H35Cl2N3O3.C26H34Cl2N4O2.C26H33Cl2N3O3.C25H31Cl2N3O3/c28-10-13-32(14-11-29)25-8-6-22(7-9-25)21-27(34)30-24-4-1-3-23(19-24)20-26(33)5-2-12-31-15-17-35-18-16-31;1-30-13-15-31(16-14-30)20-25(33)18-22-3-2-4-23(17-22)29-26(34)19-21-5-7-24(8-6-21)32(11-9-27)12-10-28;27-9-12-31(13-10-28)24-6-4-21(5-7-24)20-26(33)29-23-3-1-2-22(18-23)19-25(32)8-11-30-14-16-34-17-15-30;26-8-10-30(11-9-27)23-6-4-20(5-7-23)18-25(32)28-22-3-1-2-21(16-22)17-24(31)19-29-12-14-33-15-13-29/h1,3-4,6-9,19H,2,5,10-18,20-21H2,(H,30,34);2-8,17H,9-16,18-20H2,1H3,(H,29,34);1-7,18H,8-17,19-20H2,(H,29,33);1-7,16H,8-15,17-19H2,(H,28,32). The number of ketones is 4. The normalized spacial score (nSPS) is 14.2. The van der Waals surface area contributed by atoms with Gasteiger partial charge in [0.2, 0.25) is 23.6 Å². The molecule has 4 heterocycles. The lowest BCUT2D eigenvalue weighted by molar-refractivity contribution is -0.121. The number of ether oxygens (including phenoxy) is 3. The summed E-state index contributed by atoms with van der Waals surface area (Å²) in [5.74, 6) is 4.63. The first-order chi connectivity index (χ1) is 66.2. The third kappa shape index (κ3) is 43.1. The van der Waals surface area contributed by atoms with Gasteiger partial charge in [-0.1, -0.05) is 97.1 Å². The lowest BCUT2D eigenvalue weighted by atomic mass is 10.0. The first-order valence-electron chi connectivity index (χ1n) is 46.9. The fraction of sp³-hybridized carbons (Fsp3) is 0.462. The van der Waals surface area contributed by atoms with Crippen molar-refractivity contribution in [1.82, 2.24) is 24.5 Å². The molecule has 4 amide bonds. The smallest absolute Gasteiger partial charge is 0.228 e. The number of alkyl halides is 8. The van der Waals surface area contributed by atoms with Crippen LogP contribution in [0.4, 0.5) is 45.5 Å². The average molecular weight is 2020 g/mol. The highest BCUT2D eigenvalue weighted by Crippen LogP contribution is 2.25. The van der Waals surface area contributed by atoms with Crippen molar-refractivity contribution in [2.45, 2.75) is 70.6 Å². The van der Waals surface area contributed by atoms with Crippen LogP contribution < -0.4 is 40.9 Å². The van der Waals surface area contributed by atoms with Gasteiger partial charge in [0.25, 0.3) is 0 Å². The second-order valence-electron chi connectivity index (χ2n) is 33.9. The Kier molecular flexibility index (Phi) is 52.3. The minimum Gasteiger partial charge on any atom is -0.379 e. The number of halogens is 8. The third-order valence-corrected chi connectivity index (χ3v) is 24.6. The lowest BCUT2D eigenvalue weighted by Gasteiger charge is -2.31. The molecule has 8 aromatic rings. The summed E-state index contributed by atoms with van der Waals surface area (Å²) in [4.78, 5) is 120. The number of piperazine rings is 1. The average Bonchev–Trinajstić information content (AvgIpc) is 0.871. The summed E-state index contributed by atoms with van der Waals surface area (Å²) in [6.07, 6.45) is 4.53. The molecule has 0 bridgehead atoms. The van der Waals surface area contributed by atoms with Crippen molar-refractivity contribution in [2.24, 2.45) is 0 Å². The largest absolute Gasteiger partial charge is 0.379 e. The number of benzene rings is 8. The molecule has 4 fully saturated rings. The maximum atomic E-state index is 12.6. The summed E-state index contributed by atoms with van der Waals surface area (Å²) in [5.41, 5.74) is 14.3. The van der Waals surface area contributed by atoms with Crippen LogP contribution in [0.5, 0.6) is 0 Å². The van der Waals surface area contributed by atoms with Gasteiger partial charge >= 0.3 is 0 Å². The van der Waals surface area contributed by atoms with E-state index in [1.165, 1.54) is 0 Å². The van der Waals surface area contributed by atoms with E-state index in [1.807, 2.05) is 194 Å². The van der Waals surface area contributed by atoms with Gasteiger partial charge in [-0.15, -0.1) is 92.8 Å². The zero-order valence-corrected chi connectivity index (χ0v) is 84.3. The number of rotatable bonds is 51. The molecular weight excluding hydrogens is 1890 g/mol. The highest BCUT2D eigenvalue weighted by atomic mass is 35.5. The van der Waals surface area contributed by atoms with Gasteiger partial charge in [-0.2, -0.15) is 0 Å². The molecule has 0 unspecified atom stereocenters. The van der Waals surface area contributed by atoms with E-state index in [0.29, 0.717) is 135 Å². The summed E-state index contributed by atoms with van der Waals surface area (Å²) in [7, 11) is 2.10. The van der Waals surface area contributed by atoms with Crippen LogP contribution in [0.25, 0.3) is 0 Å². The minimum atomic E-state index is -0.0992. The summed E-state index contributed by atoms with van der Waals surface area (Å²) < 4.78 is 16.0. The number of hydrogen-bond acceptors (Lipinski definition) is 20. The number of anilines is 8. The van der Waals surface area contributed by atoms with Gasteiger partial charge in [-0.3, -0.25) is 58.0 Å². The van der Waals surface area contributed by atoms with Gasteiger partial charge in [-0.05, 0) is 162 Å². The van der Waals surface area contributed by atoms with E-state index in [2.05, 4.69) is 72.4 Å². The van der Waals surface area contributed by atoms with Crippen LogP contribution in [0.2, 0.25) is 0 Å². The number of nitrogens with one attached hydrogen (secondary N) is 4. The molecule has 0 atom stereocenters. The molecule has 24 nitrogen and oxygen atoms in total. The molecule has 736 valence electrons. The van der Waals surface area contributed by atoms with Crippen LogP contribution in [0.3, 0.4) is 0 Å². The van der Waals surface area contributed by atoms with E-state index < -0.39 is 0 Å². The Morgan fingerprint density at radius 2 is 0.515 bits per heavy atom. The van der Waals surface area contributed by atoms with Crippen molar-refractivity contribution >= 4 is 185 Å². The maximum absolute atomic E-state index is 12.6. The van der Waals surface area contributed by atoms with E-state index in [1.54, 1.807) is 0 Å². The maximum Gasteiger partial charge on any atom is 0.228 e. The van der Waals surface area contributed by atoms with Crippen molar-refractivity contribution in [1.29, 1.82) is 0 Å². The summed E-state index contributed by atoms with van der Waals surface area (Å²) in [5, 5.41) is 11.8. The molecule has 4 saturated heterocycles. The first kappa shape index (κ1) is 111. The third-order valence-electron chi connectivity index (χ3n) is 23.3. The zero-order chi connectivity index (χ0) is 96.9. The number of hydrogen-bond donors (Lipinski definition) is 4. The van der Waals surface area contributed by atoms with Crippen molar-refractivity contribution in [3.63, 3.8) is 0 Å². The molecule has 4 aliphatic heterocycles. The van der Waals surface area contributed by atoms with Crippen molar-refractivity contribution in [3.8, 4) is 0 Å². The van der Waals surface area contributed by atoms with Gasteiger partial charge in [0.15, 0.2) is 11.6 Å². The molecule has 0 saturated carbocycles. The van der Waals surface area contributed by atoms with Crippen LogP contribution in [0, 0.1) is 0 Å². The molecule has 32 heteroatoms. The van der Waals surface area contributed by atoms with Crippen LogP contribution >= 0.6 is 92.8 Å². The van der Waals surface area contributed by atoms with E-state index in [0.717, 1.165) is 231 Å². The topological polar surface area (TPSA) is 242 Å². The summed E-state index contributed by atoms with van der Waals surface area (Å²) >= 11 is 47.1. The number of carbonyl (C=O) groups excluding carboxylic acids is 8. The first-order valence-corrected chi connectivity index (χ1v) is 51.2. The second-order valence-corrected chi connectivity index (χ2v) is 36.9. The Balaban J connectivity index is 0.000000203. The molecule has 0 spiro atoms. The molecule has 8 aromatic carbocycles. The fourth-order valence-electron chi connectivity index (χ4n) is 16.1. The number of carbonyl (C=O) groups is 8. The predicted octanol–water partition coefficient (Wildman–Crippen LogP) is 15.5. The molecule has 0 radical (unpaired) electrons. The van der Waals surface area contributed by atoms with Gasteiger partial charge in [0.1, 0.15) is 11.6 Å². The number of morpholine rings is 3. The lowest BCUT2D eigenvalue weighted by Crippen LogP contribution is -2.46. The zero-order valence-electron chi connectivity index (χ0n) is 78.2. The number of Topliss-reactive ketones (excluding diaryl/α,β-unsaturated/α-hetero) is 4. The van der Waals surface area contributed by atoms with E-state index >= 15 is 0 Å². The highest BCUT2D eigenvalue weighted by molar-refractivity contribution is 6.20. The van der Waals surface area contributed by atoms with Gasteiger partial charge < -0.3 is 60.0 Å².